The van der Waals surface area contributed by atoms with Crippen LogP contribution < -0.4 is 4.83 Å². The monoisotopic (exact) mass is 445 g/mol. The van der Waals surface area contributed by atoms with Gasteiger partial charge in [-0.3, -0.25) is 0 Å². The largest absolute Gasteiger partial charge is 0.342 e. The summed E-state index contributed by atoms with van der Waals surface area (Å²) in [5.74, 6) is 0.518. The summed E-state index contributed by atoms with van der Waals surface area (Å²) in [7, 11) is -3.73. The fraction of sp³-hybridized carbons (Fsp3) is 0.192. The smallest absolute Gasteiger partial charge is 0.276 e. The number of hydrogen-bond donors (Lipinski definition) is 1. The molecule has 0 unspecified atom stereocenters. The third-order valence-corrected chi connectivity index (χ3v) is 6.51. The normalized spacial score (nSPS) is 12.1. The average Bonchev–Trinajstić information content (AvgIpc) is 3.12. The molecule has 0 atom stereocenters. The summed E-state index contributed by atoms with van der Waals surface area (Å²) >= 11 is 0. The van der Waals surface area contributed by atoms with Gasteiger partial charge in [0.25, 0.3) is 10.0 Å². The Morgan fingerprint density at radius 3 is 2.31 bits per heavy atom. The summed E-state index contributed by atoms with van der Waals surface area (Å²) in [6.07, 6.45) is 4.48. The van der Waals surface area contributed by atoms with Crippen LogP contribution in [0.25, 0.3) is 10.9 Å². The number of rotatable bonds is 8. The lowest BCUT2D eigenvalue weighted by atomic mass is 10.0. The number of para-hydroxylation sites is 1. The summed E-state index contributed by atoms with van der Waals surface area (Å²) in [6.45, 7) is 5.00. The molecule has 1 aromatic heterocycles. The van der Waals surface area contributed by atoms with Crippen molar-refractivity contribution in [2.75, 3.05) is 0 Å². The van der Waals surface area contributed by atoms with E-state index in [1.54, 1.807) is 18.3 Å². The van der Waals surface area contributed by atoms with Gasteiger partial charge >= 0.3 is 0 Å². The number of aromatic nitrogens is 1. The van der Waals surface area contributed by atoms with Gasteiger partial charge in [0, 0.05) is 29.2 Å². The molecule has 5 nitrogen and oxygen atoms in total. The first-order valence-corrected chi connectivity index (χ1v) is 12.2. The van der Waals surface area contributed by atoms with Gasteiger partial charge in [0.05, 0.1) is 11.1 Å². The van der Waals surface area contributed by atoms with E-state index < -0.39 is 10.0 Å². The molecule has 0 spiro atoms. The van der Waals surface area contributed by atoms with Crippen LogP contribution >= 0.6 is 0 Å². The van der Waals surface area contributed by atoms with Crippen molar-refractivity contribution in [1.29, 1.82) is 0 Å². The Labute approximate surface area is 189 Å². The molecule has 0 saturated carbocycles. The average molecular weight is 446 g/mol. The number of hydrazone groups is 1. The van der Waals surface area contributed by atoms with Gasteiger partial charge in [-0.1, -0.05) is 74.5 Å². The van der Waals surface area contributed by atoms with Crippen molar-refractivity contribution >= 4 is 27.1 Å². The van der Waals surface area contributed by atoms with Gasteiger partial charge in [-0.2, -0.15) is 13.5 Å². The van der Waals surface area contributed by atoms with Crippen molar-refractivity contribution in [3.8, 4) is 0 Å². The Bertz CT molecular complexity index is 1320. The van der Waals surface area contributed by atoms with Gasteiger partial charge in [0.2, 0.25) is 0 Å². The predicted octanol–water partition coefficient (Wildman–Crippen LogP) is 5.20. The number of sulfonamides is 1. The van der Waals surface area contributed by atoms with Crippen LogP contribution in [0.5, 0.6) is 0 Å². The van der Waals surface area contributed by atoms with E-state index in [1.807, 2.05) is 54.7 Å². The minimum absolute atomic E-state index is 0.202. The van der Waals surface area contributed by atoms with Gasteiger partial charge in [-0.05, 0) is 41.7 Å². The van der Waals surface area contributed by atoms with Crippen LogP contribution in [-0.4, -0.2) is 19.2 Å². The summed E-state index contributed by atoms with van der Waals surface area (Å²) in [4.78, 5) is 2.54. The standard InChI is InChI=1S/C26H27N3O2S/c1-20(2)16-21-12-14-24(15-13-21)32(30,31)28-27-17-23-19-29(18-22-8-4-3-5-9-22)26-11-7-6-10-25(23)26/h3-15,17,19-20,28H,16,18H2,1-2H3/b27-17-. The maximum absolute atomic E-state index is 12.6. The van der Waals surface area contributed by atoms with Gasteiger partial charge in [0.15, 0.2) is 0 Å². The fourth-order valence-corrected chi connectivity index (χ4v) is 4.57. The molecule has 0 radical (unpaired) electrons. The highest BCUT2D eigenvalue weighted by Crippen LogP contribution is 2.21. The lowest BCUT2D eigenvalue weighted by Gasteiger charge is -2.07. The lowest BCUT2D eigenvalue weighted by Crippen LogP contribution is -2.18. The quantitative estimate of drug-likeness (QED) is 0.299. The summed E-state index contributed by atoms with van der Waals surface area (Å²) < 4.78 is 27.4. The molecular weight excluding hydrogens is 418 g/mol. The van der Waals surface area contributed by atoms with E-state index >= 15 is 0 Å². The highest BCUT2D eigenvalue weighted by Gasteiger charge is 2.13. The molecule has 32 heavy (non-hydrogen) atoms. The van der Waals surface area contributed by atoms with Crippen LogP contribution in [0.3, 0.4) is 0 Å². The molecular formula is C26H27N3O2S. The van der Waals surface area contributed by atoms with Crippen molar-refractivity contribution in [3.05, 3.63) is 102 Å². The van der Waals surface area contributed by atoms with Crippen LogP contribution in [0.1, 0.15) is 30.5 Å². The van der Waals surface area contributed by atoms with Gasteiger partial charge in [-0.25, -0.2) is 4.83 Å². The van der Waals surface area contributed by atoms with Gasteiger partial charge < -0.3 is 4.57 Å². The molecule has 0 fully saturated rings. The van der Waals surface area contributed by atoms with E-state index in [9.17, 15) is 8.42 Å². The molecule has 164 valence electrons. The summed E-state index contributed by atoms with van der Waals surface area (Å²) in [5.41, 5.74) is 4.24. The second kappa shape index (κ2) is 9.40. The zero-order valence-electron chi connectivity index (χ0n) is 18.3. The molecule has 0 aliphatic heterocycles. The van der Waals surface area contributed by atoms with Crippen LogP contribution in [0.4, 0.5) is 0 Å². The van der Waals surface area contributed by atoms with E-state index in [4.69, 9.17) is 0 Å². The Kier molecular flexibility index (Phi) is 6.42. The molecule has 0 aliphatic rings. The minimum Gasteiger partial charge on any atom is -0.342 e. The topological polar surface area (TPSA) is 63.5 Å². The molecule has 3 aromatic carbocycles. The highest BCUT2D eigenvalue weighted by atomic mass is 32.2. The molecule has 0 aliphatic carbocycles. The van der Waals surface area contributed by atoms with Crippen molar-refractivity contribution in [1.82, 2.24) is 9.40 Å². The zero-order valence-corrected chi connectivity index (χ0v) is 19.1. The molecule has 4 rings (SSSR count). The number of nitrogens with zero attached hydrogens (tertiary/aromatic N) is 2. The van der Waals surface area contributed by atoms with Crippen LogP contribution in [0, 0.1) is 5.92 Å². The third-order valence-electron chi connectivity index (χ3n) is 5.27. The maximum atomic E-state index is 12.6. The summed E-state index contributed by atoms with van der Waals surface area (Å²) in [5, 5.41) is 5.07. The highest BCUT2D eigenvalue weighted by molar-refractivity contribution is 7.89. The lowest BCUT2D eigenvalue weighted by molar-refractivity contribution is 0.584. The Morgan fingerprint density at radius 2 is 1.59 bits per heavy atom. The molecule has 4 aromatic rings. The first-order valence-electron chi connectivity index (χ1n) is 10.7. The number of hydrogen-bond acceptors (Lipinski definition) is 3. The molecule has 0 saturated heterocycles. The second-order valence-corrected chi connectivity index (χ2v) is 9.97. The van der Waals surface area contributed by atoms with Crippen molar-refractivity contribution in [2.24, 2.45) is 11.0 Å². The van der Waals surface area contributed by atoms with Crippen LogP contribution in [-0.2, 0) is 23.0 Å². The Balaban J connectivity index is 1.53. The predicted molar refractivity (Wildman–Crippen MR) is 130 cm³/mol. The van der Waals surface area contributed by atoms with E-state index in [0.29, 0.717) is 5.92 Å². The maximum Gasteiger partial charge on any atom is 0.276 e. The summed E-state index contributed by atoms with van der Waals surface area (Å²) in [6, 6.07) is 25.2. The fourth-order valence-electron chi connectivity index (χ4n) is 3.78. The number of nitrogens with one attached hydrogen (secondary N) is 1. The van der Waals surface area contributed by atoms with Crippen LogP contribution in [0.15, 0.2) is 95.1 Å². The number of fused-ring (bicyclic) bond motifs is 1. The molecule has 1 heterocycles. The van der Waals surface area contributed by atoms with Crippen molar-refractivity contribution < 1.29 is 8.42 Å². The van der Waals surface area contributed by atoms with E-state index in [1.165, 1.54) is 5.56 Å². The molecule has 6 heteroatoms. The minimum atomic E-state index is -3.73. The Hall–Kier alpha value is -3.38. The SMILES string of the molecule is CC(C)Cc1ccc(S(=O)(=O)N/N=C\c2cn(Cc3ccccc3)c3ccccc23)cc1. The molecule has 1 N–H and O–H groups in total. The zero-order chi connectivity index (χ0) is 22.6. The first kappa shape index (κ1) is 21.8. The van der Waals surface area contributed by atoms with E-state index in [2.05, 4.69) is 46.5 Å². The number of benzene rings is 3. The van der Waals surface area contributed by atoms with Gasteiger partial charge in [-0.15, -0.1) is 0 Å². The van der Waals surface area contributed by atoms with Crippen LogP contribution in [0.2, 0.25) is 0 Å². The second-order valence-electron chi connectivity index (χ2n) is 8.31. The van der Waals surface area contributed by atoms with Crippen molar-refractivity contribution in [3.63, 3.8) is 0 Å². The van der Waals surface area contributed by atoms with E-state index in [0.717, 1.165) is 35.0 Å². The molecule has 0 bridgehead atoms. The van der Waals surface area contributed by atoms with E-state index in [-0.39, 0.29) is 4.90 Å². The Morgan fingerprint density at radius 1 is 0.906 bits per heavy atom. The third kappa shape index (κ3) is 5.08. The van der Waals surface area contributed by atoms with Gasteiger partial charge in [0.1, 0.15) is 0 Å². The first-order chi connectivity index (χ1) is 15.4. The molecule has 0 amide bonds. The van der Waals surface area contributed by atoms with Crippen molar-refractivity contribution in [2.45, 2.75) is 31.7 Å².